The Balaban J connectivity index is 1.70. The molecule has 1 aromatic carbocycles. The summed E-state index contributed by atoms with van der Waals surface area (Å²) in [6, 6.07) is 11.8. The molecule has 0 saturated carbocycles. The minimum absolute atomic E-state index is 0.105. The standard InChI is InChI=1S/C14H15N3O2/c18-14-10-17(7-6-15-14)9-12-8-13(19-16-12)11-4-2-1-3-5-11/h1-5,8H,6-7,9-10H2,(H,15,18)/p+1. The number of rotatable bonds is 3. The molecule has 1 atom stereocenters. The number of hydrogen-bond donors (Lipinski definition) is 2. The van der Waals surface area contributed by atoms with Crippen LogP contribution in [-0.4, -0.2) is 30.7 Å². The number of quaternary nitrogens is 1. The smallest absolute Gasteiger partial charge is 0.275 e. The number of nitrogens with zero attached hydrogens (tertiary/aromatic N) is 1. The second-order valence-corrected chi connectivity index (χ2v) is 4.75. The first kappa shape index (κ1) is 11.9. The van der Waals surface area contributed by atoms with Crippen LogP contribution in [0.25, 0.3) is 11.3 Å². The van der Waals surface area contributed by atoms with E-state index in [0.717, 1.165) is 36.7 Å². The van der Waals surface area contributed by atoms with Gasteiger partial charge in [0.2, 0.25) is 0 Å². The highest BCUT2D eigenvalue weighted by Crippen LogP contribution is 2.19. The van der Waals surface area contributed by atoms with Crippen molar-refractivity contribution < 1.29 is 14.2 Å². The minimum atomic E-state index is 0.105. The van der Waals surface area contributed by atoms with Gasteiger partial charge in [-0.15, -0.1) is 0 Å². The molecule has 19 heavy (non-hydrogen) atoms. The average molecular weight is 258 g/mol. The van der Waals surface area contributed by atoms with Crippen LogP contribution in [0.4, 0.5) is 0 Å². The van der Waals surface area contributed by atoms with Crippen molar-refractivity contribution in [1.82, 2.24) is 10.5 Å². The van der Waals surface area contributed by atoms with Gasteiger partial charge in [-0.3, -0.25) is 4.79 Å². The van der Waals surface area contributed by atoms with Crippen LogP contribution >= 0.6 is 0 Å². The number of hydrogen-bond acceptors (Lipinski definition) is 3. The Labute approximate surface area is 111 Å². The van der Waals surface area contributed by atoms with Gasteiger partial charge < -0.3 is 14.7 Å². The Bertz CT molecular complexity index is 565. The number of benzene rings is 1. The van der Waals surface area contributed by atoms with Gasteiger partial charge in [0.25, 0.3) is 5.91 Å². The van der Waals surface area contributed by atoms with Gasteiger partial charge >= 0.3 is 0 Å². The van der Waals surface area contributed by atoms with E-state index in [-0.39, 0.29) is 5.91 Å². The Morgan fingerprint density at radius 2 is 2.16 bits per heavy atom. The number of carbonyl (C=O) groups is 1. The van der Waals surface area contributed by atoms with E-state index < -0.39 is 0 Å². The first-order valence-corrected chi connectivity index (χ1v) is 6.42. The molecular weight excluding hydrogens is 242 g/mol. The van der Waals surface area contributed by atoms with Gasteiger partial charge in [-0.1, -0.05) is 35.5 Å². The monoisotopic (exact) mass is 258 g/mol. The van der Waals surface area contributed by atoms with Gasteiger partial charge in [-0.05, 0) is 0 Å². The van der Waals surface area contributed by atoms with E-state index in [2.05, 4.69) is 10.5 Å². The SMILES string of the molecule is O=C1C[NH+](Cc2cc(-c3ccccc3)on2)CCN1. The summed E-state index contributed by atoms with van der Waals surface area (Å²) in [6.07, 6.45) is 0. The summed E-state index contributed by atoms with van der Waals surface area (Å²) in [6.45, 7) is 2.90. The van der Waals surface area contributed by atoms with Crippen molar-refractivity contribution in [2.45, 2.75) is 6.54 Å². The molecule has 5 heteroatoms. The number of piperazine rings is 1. The molecule has 2 heterocycles. The molecule has 1 aromatic heterocycles. The van der Waals surface area contributed by atoms with E-state index >= 15 is 0 Å². The molecule has 3 rings (SSSR count). The van der Waals surface area contributed by atoms with Gasteiger partial charge in [0, 0.05) is 11.6 Å². The van der Waals surface area contributed by atoms with Gasteiger partial charge in [0.1, 0.15) is 12.2 Å². The van der Waals surface area contributed by atoms with Crippen molar-refractivity contribution in [3.8, 4) is 11.3 Å². The van der Waals surface area contributed by atoms with Gasteiger partial charge in [0.05, 0.1) is 13.1 Å². The van der Waals surface area contributed by atoms with Crippen LogP contribution in [0.1, 0.15) is 5.69 Å². The molecule has 0 radical (unpaired) electrons. The molecule has 1 amide bonds. The number of nitrogens with one attached hydrogen (secondary N) is 2. The zero-order chi connectivity index (χ0) is 13.1. The quantitative estimate of drug-likeness (QED) is 0.805. The van der Waals surface area contributed by atoms with E-state index in [1.165, 1.54) is 4.90 Å². The largest absolute Gasteiger partial charge is 0.356 e. The third-order valence-electron chi connectivity index (χ3n) is 3.26. The van der Waals surface area contributed by atoms with Crippen LogP contribution < -0.4 is 10.2 Å². The molecule has 2 N–H and O–H groups in total. The maximum Gasteiger partial charge on any atom is 0.275 e. The lowest BCUT2D eigenvalue weighted by Gasteiger charge is -2.22. The first-order chi connectivity index (χ1) is 9.31. The highest BCUT2D eigenvalue weighted by Gasteiger charge is 2.21. The molecule has 1 aliphatic rings. The highest BCUT2D eigenvalue weighted by molar-refractivity contribution is 5.77. The average Bonchev–Trinajstić information content (AvgIpc) is 2.88. The molecule has 5 nitrogen and oxygen atoms in total. The molecular formula is C14H16N3O2+. The predicted molar refractivity (Wildman–Crippen MR) is 69.3 cm³/mol. The molecule has 1 fully saturated rings. The molecule has 0 bridgehead atoms. The van der Waals surface area contributed by atoms with Crippen molar-refractivity contribution >= 4 is 5.91 Å². The highest BCUT2D eigenvalue weighted by atomic mass is 16.5. The van der Waals surface area contributed by atoms with E-state index in [1.807, 2.05) is 36.4 Å². The summed E-state index contributed by atoms with van der Waals surface area (Å²) in [5.74, 6) is 0.879. The van der Waals surface area contributed by atoms with Crippen LogP contribution in [0.3, 0.4) is 0 Å². The Morgan fingerprint density at radius 3 is 2.95 bits per heavy atom. The summed E-state index contributed by atoms with van der Waals surface area (Å²) < 4.78 is 5.36. The van der Waals surface area contributed by atoms with E-state index in [9.17, 15) is 4.79 Å². The van der Waals surface area contributed by atoms with Crippen molar-refractivity contribution in [3.05, 3.63) is 42.1 Å². The van der Waals surface area contributed by atoms with Crippen LogP contribution in [0.15, 0.2) is 40.9 Å². The molecule has 0 spiro atoms. The molecule has 98 valence electrons. The molecule has 1 saturated heterocycles. The van der Waals surface area contributed by atoms with Crippen molar-refractivity contribution in [2.24, 2.45) is 0 Å². The fourth-order valence-corrected chi connectivity index (χ4v) is 2.30. The first-order valence-electron chi connectivity index (χ1n) is 6.42. The summed E-state index contributed by atoms with van der Waals surface area (Å²) in [7, 11) is 0. The fourth-order valence-electron chi connectivity index (χ4n) is 2.30. The summed E-state index contributed by atoms with van der Waals surface area (Å²) >= 11 is 0. The normalized spacial score (nSPS) is 19.2. The number of amides is 1. The fraction of sp³-hybridized carbons (Fsp3) is 0.286. The third-order valence-corrected chi connectivity index (χ3v) is 3.26. The molecule has 2 aromatic rings. The van der Waals surface area contributed by atoms with Gasteiger partial charge in [-0.2, -0.15) is 0 Å². The molecule has 1 unspecified atom stereocenters. The lowest BCUT2D eigenvalue weighted by Crippen LogP contribution is -3.14. The Morgan fingerprint density at radius 1 is 1.32 bits per heavy atom. The maximum absolute atomic E-state index is 11.3. The topological polar surface area (TPSA) is 59.6 Å². The Hall–Kier alpha value is -2.14. The third kappa shape index (κ3) is 2.82. The van der Waals surface area contributed by atoms with Crippen LogP contribution in [0, 0.1) is 0 Å². The molecule has 0 aliphatic carbocycles. The van der Waals surface area contributed by atoms with E-state index in [0.29, 0.717) is 6.54 Å². The minimum Gasteiger partial charge on any atom is -0.356 e. The number of aromatic nitrogens is 1. The molecule has 1 aliphatic heterocycles. The van der Waals surface area contributed by atoms with Crippen LogP contribution in [-0.2, 0) is 11.3 Å². The maximum atomic E-state index is 11.3. The summed E-state index contributed by atoms with van der Waals surface area (Å²) in [5.41, 5.74) is 1.91. The van der Waals surface area contributed by atoms with Crippen LogP contribution in [0.2, 0.25) is 0 Å². The van der Waals surface area contributed by atoms with Crippen LogP contribution in [0.5, 0.6) is 0 Å². The second kappa shape index (κ2) is 5.24. The lowest BCUT2D eigenvalue weighted by atomic mass is 10.1. The number of carbonyl (C=O) groups excluding carboxylic acids is 1. The predicted octanol–water partition coefficient (Wildman–Crippen LogP) is -0.144. The Kier molecular flexibility index (Phi) is 3.29. The van der Waals surface area contributed by atoms with Crippen molar-refractivity contribution in [2.75, 3.05) is 19.6 Å². The summed E-state index contributed by atoms with van der Waals surface area (Å²) in [4.78, 5) is 12.5. The van der Waals surface area contributed by atoms with Crippen molar-refractivity contribution in [3.63, 3.8) is 0 Å². The van der Waals surface area contributed by atoms with Gasteiger partial charge in [0.15, 0.2) is 12.3 Å². The van der Waals surface area contributed by atoms with Crippen molar-refractivity contribution in [1.29, 1.82) is 0 Å². The second-order valence-electron chi connectivity index (χ2n) is 4.75. The zero-order valence-corrected chi connectivity index (χ0v) is 10.6. The lowest BCUT2D eigenvalue weighted by molar-refractivity contribution is -0.907. The van der Waals surface area contributed by atoms with E-state index in [1.54, 1.807) is 0 Å². The summed E-state index contributed by atoms with van der Waals surface area (Å²) in [5, 5.41) is 6.91. The van der Waals surface area contributed by atoms with E-state index in [4.69, 9.17) is 4.52 Å². The van der Waals surface area contributed by atoms with Gasteiger partial charge in [-0.25, -0.2) is 0 Å². The zero-order valence-electron chi connectivity index (χ0n) is 10.6.